The summed E-state index contributed by atoms with van der Waals surface area (Å²) >= 11 is 0. The minimum absolute atomic E-state index is 0.267. The van der Waals surface area contributed by atoms with Crippen LogP contribution in [0.4, 0.5) is 0 Å². The fourth-order valence-corrected chi connectivity index (χ4v) is 1.45. The zero-order chi connectivity index (χ0) is 9.54. The SMILES string of the molecule is O=c1cc2ccc3ncnc3c2o[nH]1. The highest BCUT2D eigenvalue weighted by molar-refractivity contribution is 5.99. The number of hydrogen-bond donors (Lipinski definition) is 1. The van der Waals surface area contributed by atoms with Gasteiger partial charge in [-0.3, -0.25) is 4.79 Å². The Hall–Kier alpha value is -2.17. The summed E-state index contributed by atoms with van der Waals surface area (Å²) in [6.07, 6.45) is 1.46. The maximum Gasteiger partial charge on any atom is 0.277 e. The Morgan fingerprint density at radius 1 is 1.29 bits per heavy atom. The Morgan fingerprint density at radius 2 is 2.21 bits per heavy atom. The lowest BCUT2D eigenvalue weighted by atomic mass is 10.2. The molecule has 0 atom stereocenters. The van der Waals surface area contributed by atoms with Crippen molar-refractivity contribution in [1.29, 1.82) is 0 Å². The summed E-state index contributed by atoms with van der Waals surface area (Å²) in [5.74, 6) is 0. The summed E-state index contributed by atoms with van der Waals surface area (Å²) in [7, 11) is 0. The van der Waals surface area contributed by atoms with E-state index >= 15 is 0 Å². The second-order valence-corrected chi connectivity index (χ2v) is 2.94. The Morgan fingerprint density at radius 3 is 3.14 bits per heavy atom. The van der Waals surface area contributed by atoms with Gasteiger partial charge in [0, 0.05) is 11.5 Å². The largest absolute Gasteiger partial charge is 0.376 e. The highest BCUT2D eigenvalue weighted by Crippen LogP contribution is 2.19. The molecule has 2 aromatic heterocycles. The maximum atomic E-state index is 11.0. The molecule has 0 fully saturated rings. The number of hydrogen-bond acceptors (Lipinski definition) is 4. The molecule has 1 aromatic carbocycles. The lowest BCUT2D eigenvalue weighted by Gasteiger charge is -1.94. The molecule has 5 nitrogen and oxygen atoms in total. The number of aromatic nitrogens is 3. The number of imidazole rings is 1. The van der Waals surface area contributed by atoms with Gasteiger partial charge in [-0.1, -0.05) is 0 Å². The average Bonchev–Trinajstić information content (AvgIpc) is 2.65. The van der Waals surface area contributed by atoms with Crippen molar-refractivity contribution >= 4 is 22.0 Å². The van der Waals surface area contributed by atoms with Crippen LogP contribution in [0.2, 0.25) is 0 Å². The van der Waals surface area contributed by atoms with Crippen LogP contribution in [0.3, 0.4) is 0 Å². The van der Waals surface area contributed by atoms with E-state index in [0.29, 0.717) is 11.1 Å². The van der Waals surface area contributed by atoms with Crippen molar-refractivity contribution in [2.24, 2.45) is 0 Å². The van der Waals surface area contributed by atoms with Gasteiger partial charge in [0.15, 0.2) is 5.58 Å². The van der Waals surface area contributed by atoms with Crippen LogP contribution in [-0.2, 0) is 0 Å². The van der Waals surface area contributed by atoms with Gasteiger partial charge in [0.25, 0.3) is 5.56 Å². The first-order valence-corrected chi connectivity index (χ1v) is 4.06. The van der Waals surface area contributed by atoms with E-state index < -0.39 is 0 Å². The topological polar surface area (TPSA) is 71.8 Å². The van der Waals surface area contributed by atoms with Crippen LogP contribution < -0.4 is 5.56 Å². The van der Waals surface area contributed by atoms with E-state index in [1.807, 2.05) is 0 Å². The Balaban J connectivity index is 2.63. The summed E-state index contributed by atoms with van der Waals surface area (Å²) in [6, 6.07) is 5.05. The predicted molar refractivity (Wildman–Crippen MR) is 49.9 cm³/mol. The van der Waals surface area contributed by atoms with Gasteiger partial charge >= 0.3 is 0 Å². The molecule has 2 heterocycles. The first-order chi connectivity index (χ1) is 6.84. The van der Waals surface area contributed by atoms with Gasteiger partial charge < -0.3 is 4.52 Å². The highest BCUT2D eigenvalue weighted by atomic mass is 16.5. The first-order valence-electron chi connectivity index (χ1n) is 4.06. The van der Waals surface area contributed by atoms with E-state index in [4.69, 9.17) is 4.52 Å². The molecular formula is C9H5N3O2. The Labute approximate surface area is 77.4 Å². The third kappa shape index (κ3) is 0.861. The van der Waals surface area contributed by atoms with Crippen molar-refractivity contribution in [3.8, 4) is 0 Å². The molecule has 3 aromatic rings. The number of nitrogens with one attached hydrogen (secondary N) is 1. The molecule has 1 N–H and O–H groups in total. The molecule has 0 amide bonds. The van der Waals surface area contributed by atoms with Gasteiger partial charge in [-0.15, -0.1) is 0 Å². The lowest BCUT2D eigenvalue weighted by Crippen LogP contribution is -2.01. The van der Waals surface area contributed by atoms with E-state index in [1.165, 1.54) is 12.4 Å². The third-order valence-electron chi connectivity index (χ3n) is 2.06. The molecule has 68 valence electrons. The molecule has 0 aliphatic heterocycles. The lowest BCUT2D eigenvalue weighted by molar-refractivity contribution is 0.434. The monoisotopic (exact) mass is 187 g/mol. The van der Waals surface area contributed by atoms with Crippen molar-refractivity contribution in [1.82, 2.24) is 15.1 Å². The second kappa shape index (κ2) is 2.41. The zero-order valence-electron chi connectivity index (χ0n) is 7.02. The molecule has 0 unspecified atom stereocenters. The summed E-state index contributed by atoms with van der Waals surface area (Å²) in [5, 5.41) is 2.98. The zero-order valence-corrected chi connectivity index (χ0v) is 7.02. The van der Waals surface area contributed by atoms with Gasteiger partial charge in [-0.05, 0) is 12.1 Å². The molecule has 0 saturated heterocycles. The Kier molecular flexibility index (Phi) is 1.25. The number of benzene rings is 1. The van der Waals surface area contributed by atoms with Gasteiger partial charge in [0.2, 0.25) is 0 Å². The normalized spacial score (nSPS) is 11.1. The standard InChI is InChI=1S/C9H5N3O2/c13-7-3-5-1-2-6-8(11-4-10-6)9(5)14-12-7/h1-4H,(H,12,13). The van der Waals surface area contributed by atoms with Crippen LogP contribution in [-0.4, -0.2) is 15.1 Å². The summed E-state index contributed by atoms with van der Waals surface area (Å²) in [5.41, 5.74) is 1.71. The number of rotatable bonds is 0. The van der Waals surface area contributed by atoms with E-state index in [9.17, 15) is 4.79 Å². The average molecular weight is 187 g/mol. The molecule has 0 aliphatic rings. The van der Waals surface area contributed by atoms with E-state index in [0.717, 1.165) is 10.9 Å². The van der Waals surface area contributed by atoms with Crippen LogP contribution in [0.1, 0.15) is 0 Å². The number of aromatic amines is 1. The Bertz CT molecular complexity index is 668. The van der Waals surface area contributed by atoms with Gasteiger partial charge in [-0.25, -0.2) is 9.97 Å². The number of H-pyrrole nitrogens is 1. The molecule has 14 heavy (non-hydrogen) atoms. The molecular weight excluding hydrogens is 182 g/mol. The van der Waals surface area contributed by atoms with Crippen molar-refractivity contribution in [2.45, 2.75) is 0 Å². The molecule has 3 rings (SSSR count). The number of fused-ring (bicyclic) bond motifs is 3. The third-order valence-corrected chi connectivity index (χ3v) is 2.06. The maximum absolute atomic E-state index is 11.0. The van der Waals surface area contributed by atoms with Crippen LogP contribution in [0.5, 0.6) is 0 Å². The van der Waals surface area contributed by atoms with E-state index in [2.05, 4.69) is 15.1 Å². The van der Waals surface area contributed by atoms with Crippen LogP contribution in [0.25, 0.3) is 22.0 Å². The molecule has 0 saturated carbocycles. The highest BCUT2D eigenvalue weighted by Gasteiger charge is 2.05. The molecule has 0 radical (unpaired) electrons. The minimum atomic E-state index is -0.267. The quantitative estimate of drug-likeness (QED) is 0.571. The molecule has 0 bridgehead atoms. The van der Waals surface area contributed by atoms with E-state index in [-0.39, 0.29) is 5.56 Å². The summed E-state index contributed by atoms with van der Waals surface area (Å²) < 4.78 is 5.07. The van der Waals surface area contributed by atoms with Gasteiger partial charge in [0.1, 0.15) is 11.8 Å². The van der Waals surface area contributed by atoms with Crippen molar-refractivity contribution in [2.75, 3.05) is 0 Å². The van der Waals surface area contributed by atoms with Crippen LogP contribution in [0, 0.1) is 0 Å². The number of nitrogens with zero attached hydrogens (tertiary/aromatic N) is 2. The van der Waals surface area contributed by atoms with Crippen molar-refractivity contribution in [3.63, 3.8) is 0 Å². The smallest absolute Gasteiger partial charge is 0.277 e. The van der Waals surface area contributed by atoms with Gasteiger partial charge in [0.05, 0.1) is 5.52 Å². The van der Waals surface area contributed by atoms with Crippen LogP contribution >= 0.6 is 0 Å². The summed E-state index contributed by atoms with van der Waals surface area (Å²) in [4.78, 5) is 19.1. The minimum Gasteiger partial charge on any atom is -0.376 e. The fraction of sp³-hybridized carbons (Fsp3) is 0. The predicted octanol–water partition coefficient (Wildman–Crippen LogP) is 1.06. The molecule has 0 spiro atoms. The van der Waals surface area contributed by atoms with Gasteiger partial charge in [-0.2, -0.15) is 5.16 Å². The summed E-state index contributed by atoms with van der Waals surface area (Å²) in [6.45, 7) is 0. The fourth-order valence-electron chi connectivity index (χ4n) is 1.45. The van der Waals surface area contributed by atoms with E-state index in [1.54, 1.807) is 12.1 Å². The van der Waals surface area contributed by atoms with Crippen LogP contribution in [0.15, 0.2) is 33.8 Å². The molecule has 5 heteroatoms. The van der Waals surface area contributed by atoms with Crippen molar-refractivity contribution < 1.29 is 4.52 Å². The second-order valence-electron chi connectivity index (χ2n) is 2.94. The first kappa shape index (κ1) is 7.25. The molecule has 0 aliphatic carbocycles. The van der Waals surface area contributed by atoms with Crippen molar-refractivity contribution in [3.05, 3.63) is 34.9 Å².